The summed E-state index contributed by atoms with van der Waals surface area (Å²) < 4.78 is 5.41. The maximum Gasteiger partial charge on any atom is 0.408 e. The van der Waals surface area contributed by atoms with E-state index in [1.165, 1.54) is 4.90 Å². The second-order valence-corrected chi connectivity index (χ2v) is 11.1. The molecule has 2 rings (SSSR count). The van der Waals surface area contributed by atoms with E-state index in [1.807, 2.05) is 65.0 Å². The number of para-hydroxylation sites is 1. The maximum atomic E-state index is 13.9. The molecule has 7 nitrogen and oxygen atoms in total. The number of carbonyl (C=O) groups excluding carboxylic acids is 3. The number of nitrogens with zero attached hydrogens (tertiary/aromatic N) is 1. The van der Waals surface area contributed by atoms with Gasteiger partial charge in [0.1, 0.15) is 17.7 Å². The van der Waals surface area contributed by atoms with E-state index in [2.05, 4.69) is 10.6 Å². The summed E-state index contributed by atoms with van der Waals surface area (Å²) in [6.07, 6.45) is -0.0436. The first-order valence-electron chi connectivity index (χ1n) is 12.5. The Morgan fingerprint density at radius 2 is 1.65 bits per heavy atom. The van der Waals surface area contributed by atoms with Crippen molar-refractivity contribution in [2.75, 3.05) is 12.4 Å². The van der Waals surface area contributed by atoms with Crippen LogP contribution in [0.3, 0.4) is 0 Å². The Kier molecular flexibility index (Phi) is 10.2. The lowest BCUT2D eigenvalue weighted by atomic mass is 9.95. The Hall–Kier alpha value is -3.06. The lowest BCUT2D eigenvalue weighted by Gasteiger charge is -2.34. The van der Waals surface area contributed by atoms with E-state index in [4.69, 9.17) is 16.3 Å². The zero-order valence-electron chi connectivity index (χ0n) is 23.4. The van der Waals surface area contributed by atoms with E-state index in [1.54, 1.807) is 33.9 Å². The zero-order chi connectivity index (χ0) is 28.1. The van der Waals surface area contributed by atoms with E-state index in [9.17, 15) is 14.4 Å². The normalized spacial score (nSPS) is 13.8. The largest absolute Gasteiger partial charge is 0.444 e. The Balaban J connectivity index is 2.50. The van der Waals surface area contributed by atoms with Crippen molar-refractivity contribution in [1.82, 2.24) is 10.2 Å². The Bertz CT molecular complexity index is 1100. The van der Waals surface area contributed by atoms with Crippen LogP contribution >= 0.6 is 11.6 Å². The van der Waals surface area contributed by atoms with Gasteiger partial charge >= 0.3 is 6.09 Å². The number of halogens is 1. The average molecular weight is 530 g/mol. The standard InChI is InChI=1S/C29H40ClN3O4/c1-10-19(4)24(32-28(36)37-29(6,7)8)27(35)33(9)25(21-15-17(2)14-18(3)16-21)26(34)31-23-20(5)12-11-13-22(23)30/h11-16,19,24-25H,10H2,1-9H3,(H,31,34)(H,32,36). The highest BCUT2D eigenvalue weighted by Gasteiger charge is 2.36. The fourth-order valence-electron chi connectivity index (χ4n) is 4.16. The average Bonchev–Trinajstić information content (AvgIpc) is 2.77. The molecule has 8 heteroatoms. The quantitative estimate of drug-likeness (QED) is 0.417. The smallest absolute Gasteiger partial charge is 0.408 e. The second kappa shape index (κ2) is 12.5. The molecule has 0 saturated carbocycles. The van der Waals surface area contributed by atoms with Crippen molar-refractivity contribution < 1.29 is 19.1 Å². The van der Waals surface area contributed by atoms with Crippen LogP contribution in [0.2, 0.25) is 5.02 Å². The number of carbonyl (C=O) groups is 3. The topological polar surface area (TPSA) is 87.7 Å². The molecular weight excluding hydrogens is 490 g/mol. The van der Waals surface area contributed by atoms with Crippen LogP contribution in [0.1, 0.15) is 69.3 Å². The van der Waals surface area contributed by atoms with E-state index in [0.717, 1.165) is 16.7 Å². The summed E-state index contributed by atoms with van der Waals surface area (Å²) in [5, 5.41) is 6.07. The Labute approximate surface area is 225 Å². The summed E-state index contributed by atoms with van der Waals surface area (Å²) in [5.74, 6) is -0.996. The summed E-state index contributed by atoms with van der Waals surface area (Å²) in [6, 6.07) is 9.30. The molecular formula is C29H40ClN3O4. The van der Waals surface area contributed by atoms with Crippen LogP contribution in [0.4, 0.5) is 10.5 Å². The summed E-state index contributed by atoms with van der Waals surface area (Å²) in [7, 11) is 1.58. The molecule has 3 amide bonds. The van der Waals surface area contributed by atoms with E-state index >= 15 is 0 Å². The molecule has 2 aromatic carbocycles. The van der Waals surface area contributed by atoms with Crippen molar-refractivity contribution in [3.05, 3.63) is 63.7 Å². The molecule has 0 heterocycles. The minimum atomic E-state index is -0.964. The number of aryl methyl sites for hydroxylation is 3. The third-order valence-corrected chi connectivity index (χ3v) is 6.48. The number of nitrogens with one attached hydrogen (secondary N) is 2. The van der Waals surface area contributed by atoms with Crippen LogP contribution < -0.4 is 10.6 Å². The van der Waals surface area contributed by atoms with Crippen molar-refractivity contribution in [3.8, 4) is 0 Å². The van der Waals surface area contributed by atoms with Crippen LogP contribution in [-0.4, -0.2) is 41.5 Å². The van der Waals surface area contributed by atoms with E-state index < -0.39 is 35.6 Å². The first-order valence-corrected chi connectivity index (χ1v) is 12.9. The van der Waals surface area contributed by atoms with Gasteiger partial charge in [0, 0.05) is 7.05 Å². The van der Waals surface area contributed by atoms with Gasteiger partial charge in [0.05, 0.1) is 10.7 Å². The Morgan fingerprint density at radius 3 is 2.16 bits per heavy atom. The minimum absolute atomic E-state index is 0.198. The molecule has 202 valence electrons. The highest BCUT2D eigenvalue weighted by atomic mass is 35.5. The molecule has 0 fully saturated rings. The molecule has 37 heavy (non-hydrogen) atoms. The van der Waals surface area contributed by atoms with Gasteiger partial charge in [0.15, 0.2) is 0 Å². The molecule has 3 unspecified atom stereocenters. The lowest BCUT2D eigenvalue weighted by molar-refractivity contribution is -0.140. The SMILES string of the molecule is CCC(C)C(NC(=O)OC(C)(C)C)C(=O)N(C)C(C(=O)Nc1c(C)cccc1Cl)c1cc(C)cc(C)c1. The Morgan fingerprint density at radius 1 is 1.05 bits per heavy atom. The molecule has 0 bridgehead atoms. The van der Waals surface area contributed by atoms with Crippen molar-refractivity contribution in [2.24, 2.45) is 5.92 Å². The maximum absolute atomic E-state index is 13.9. The van der Waals surface area contributed by atoms with Crippen LogP contribution in [0.5, 0.6) is 0 Å². The third-order valence-electron chi connectivity index (χ3n) is 6.16. The van der Waals surface area contributed by atoms with Crippen molar-refractivity contribution in [3.63, 3.8) is 0 Å². The number of ether oxygens (including phenoxy) is 1. The lowest BCUT2D eigenvalue weighted by Crippen LogP contribution is -2.53. The number of rotatable bonds is 8. The van der Waals surface area contributed by atoms with Gasteiger partial charge in [0.2, 0.25) is 5.91 Å². The summed E-state index contributed by atoms with van der Waals surface area (Å²) in [6.45, 7) is 14.8. The monoisotopic (exact) mass is 529 g/mol. The van der Waals surface area contributed by atoms with Gasteiger partial charge in [-0.3, -0.25) is 9.59 Å². The van der Waals surface area contributed by atoms with Gasteiger partial charge in [-0.25, -0.2) is 4.79 Å². The number of alkyl carbamates (subject to hydrolysis) is 1. The molecule has 2 N–H and O–H groups in total. The van der Waals surface area contributed by atoms with E-state index in [-0.39, 0.29) is 5.92 Å². The number of amides is 3. The number of anilines is 1. The fraction of sp³-hybridized carbons (Fsp3) is 0.483. The molecule has 0 aliphatic carbocycles. The highest BCUT2D eigenvalue weighted by molar-refractivity contribution is 6.34. The summed E-state index contributed by atoms with van der Waals surface area (Å²) >= 11 is 6.38. The molecule has 3 atom stereocenters. The van der Waals surface area contributed by atoms with Gasteiger partial charge < -0.3 is 20.3 Å². The molecule has 0 saturated heterocycles. The third kappa shape index (κ3) is 8.22. The van der Waals surface area contributed by atoms with Crippen LogP contribution in [0.15, 0.2) is 36.4 Å². The van der Waals surface area contributed by atoms with Gasteiger partial charge in [0.25, 0.3) is 5.91 Å². The zero-order valence-corrected chi connectivity index (χ0v) is 24.1. The van der Waals surface area contributed by atoms with E-state index in [0.29, 0.717) is 22.7 Å². The predicted molar refractivity (Wildman–Crippen MR) is 149 cm³/mol. The van der Waals surface area contributed by atoms with Gasteiger partial charge in [-0.15, -0.1) is 0 Å². The fourth-order valence-corrected chi connectivity index (χ4v) is 4.43. The highest BCUT2D eigenvalue weighted by Crippen LogP contribution is 2.30. The van der Waals surface area contributed by atoms with Gasteiger partial charge in [-0.2, -0.15) is 0 Å². The molecule has 0 radical (unpaired) electrons. The number of likely N-dealkylation sites (N-methyl/N-ethyl adjacent to an activating group) is 1. The first-order chi connectivity index (χ1) is 17.1. The number of hydrogen-bond acceptors (Lipinski definition) is 4. The van der Waals surface area contributed by atoms with Crippen molar-refractivity contribution in [1.29, 1.82) is 0 Å². The van der Waals surface area contributed by atoms with Crippen LogP contribution in [-0.2, 0) is 14.3 Å². The molecule has 0 aliphatic rings. The van der Waals surface area contributed by atoms with Crippen LogP contribution in [0, 0.1) is 26.7 Å². The van der Waals surface area contributed by atoms with Crippen molar-refractivity contribution >= 4 is 35.2 Å². The molecule has 0 spiro atoms. The molecule has 0 aliphatic heterocycles. The predicted octanol–water partition coefficient (Wildman–Crippen LogP) is 6.34. The summed E-state index contributed by atoms with van der Waals surface area (Å²) in [5.41, 5.74) is 3.18. The first kappa shape index (κ1) is 30.2. The van der Waals surface area contributed by atoms with Crippen molar-refractivity contribution in [2.45, 2.75) is 79.5 Å². The summed E-state index contributed by atoms with van der Waals surface area (Å²) in [4.78, 5) is 41.6. The van der Waals surface area contributed by atoms with Crippen LogP contribution in [0.25, 0.3) is 0 Å². The minimum Gasteiger partial charge on any atom is -0.444 e. The molecule has 2 aromatic rings. The number of hydrogen-bond donors (Lipinski definition) is 2. The number of benzene rings is 2. The van der Waals surface area contributed by atoms with Gasteiger partial charge in [-0.1, -0.05) is 73.3 Å². The second-order valence-electron chi connectivity index (χ2n) is 10.7. The molecule has 0 aromatic heterocycles. The van der Waals surface area contributed by atoms with Gasteiger partial charge in [-0.05, 0) is 64.7 Å².